The van der Waals surface area contributed by atoms with Crippen molar-refractivity contribution in [3.63, 3.8) is 0 Å². The molecule has 2 heterocycles. The maximum absolute atomic E-state index is 13.1. The first kappa shape index (κ1) is 17.2. The van der Waals surface area contributed by atoms with Gasteiger partial charge in [0.15, 0.2) is 0 Å². The van der Waals surface area contributed by atoms with Crippen molar-refractivity contribution >= 4 is 11.8 Å². The van der Waals surface area contributed by atoms with Crippen molar-refractivity contribution in [3.05, 3.63) is 30.1 Å². The monoisotopic (exact) mass is 367 g/mol. The van der Waals surface area contributed by atoms with Gasteiger partial charge in [-0.05, 0) is 86.8 Å². The molecule has 27 heavy (non-hydrogen) atoms. The standard InChI is InChI=1S/C22H29N3O2/c26-20(25-7-1-2-19(25)18-3-5-23-6-4-18)14-24-21(27)22-11-15-8-16(12-22)10-17(9-15)13-22/h3-6,15-17,19H,1-2,7-14H2,(H,24,27)/t15?,16?,17?,19-,22?/m1/s1. The molecule has 1 aromatic rings. The van der Waals surface area contributed by atoms with Gasteiger partial charge in [0.1, 0.15) is 0 Å². The Morgan fingerprint density at radius 1 is 1.07 bits per heavy atom. The summed E-state index contributed by atoms with van der Waals surface area (Å²) in [6.07, 6.45) is 12.7. The lowest BCUT2D eigenvalue weighted by Gasteiger charge is -2.55. The highest BCUT2D eigenvalue weighted by Gasteiger charge is 2.54. The largest absolute Gasteiger partial charge is 0.347 e. The Morgan fingerprint density at radius 2 is 1.70 bits per heavy atom. The van der Waals surface area contributed by atoms with E-state index in [1.807, 2.05) is 17.0 Å². The summed E-state index contributed by atoms with van der Waals surface area (Å²) >= 11 is 0. The molecule has 144 valence electrons. The van der Waals surface area contributed by atoms with E-state index in [0.717, 1.165) is 62.0 Å². The smallest absolute Gasteiger partial charge is 0.242 e. The first-order valence-corrected chi connectivity index (χ1v) is 10.6. The fourth-order valence-corrected chi connectivity index (χ4v) is 6.83. The average Bonchev–Trinajstić information content (AvgIpc) is 3.15. The molecule has 1 saturated heterocycles. The van der Waals surface area contributed by atoms with Crippen LogP contribution in [0.3, 0.4) is 0 Å². The highest BCUT2D eigenvalue weighted by atomic mass is 16.2. The number of nitrogens with one attached hydrogen (secondary N) is 1. The summed E-state index contributed by atoms with van der Waals surface area (Å²) in [7, 11) is 0. The minimum Gasteiger partial charge on any atom is -0.347 e. The molecule has 0 spiro atoms. The van der Waals surface area contributed by atoms with Crippen molar-refractivity contribution in [2.24, 2.45) is 23.2 Å². The van der Waals surface area contributed by atoms with Crippen LogP contribution in [0.2, 0.25) is 0 Å². The lowest BCUT2D eigenvalue weighted by atomic mass is 9.49. The normalized spacial score (nSPS) is 36.8. The first-order chi connectivity index (χ1) is 13.1. The number of nitrogens with zero attached hydrogens (tertiary/aromatic N) is 2. The number of hydrogen-bond acceptors (Lipinski definition) is 3. The Hall–Kier alpha value is -1.91. The quantitative estimate of drug-likeness (QED) is 0.890. The summed E-state index contributed by atoms with van der Waals surface area (Å²) in [4.78, 5) is 31.9. The molecular weight excluding hydrogens is 338 g/mol. The Kier molecular flexibility index (Phi) is 4.21. The topological polar surface area (TPSA) is 62.3 Å². The highest BCUT2D eigenvalue weighted by Crippen LogP contribution is 2.60. The summed E-state index contributed by atoms with van der Waals surface area (Å²) in [5.74, 6) is 2.43. The number of hydrogen-bond donors (Lipinski definition) is 1. The predicted octanol–water partition coefficient (Wildman–Crippen LogP) is 3.08. The van der Waals surface area contributed by atoms with Gasteiger partial charge in [-0.25, -0.2) is 0 Å². The van der Waals surface area contributed by atoms with E-state index in [0.29, 0.717) is 0 Å². The van der Waals surface area contributed by atoms with Crippen LogP contribution in [0, 0.1) is 23.2 Å². The fourth-order valence-electron chi connectivity index (χ4n) is 6.83. The molecule has 1 aliphatic heterocycles. The number of rotatable bonds is 4. The van der Waals surface area contributed by atoms with Gasteiger partial charge in [-0.3, -0.25) is 14.6 Å². The highest BCUT2D eigenvalue weighted by molar-refractivity contribution is 5.88. The summed E-state index contributed by atoms with van der Waals surface area (Å²) in [5.41, 5.74) is 0.966. The van der Waals surface area contributed by atoms with Gasteiger partial charge in [0.05, 0.1) is 12.6 Å². The van der Waals surface area contributed by atoms with Gasteiger partial charge in [0, 0.05) is 24.4 Å². The Morgan fingerprint density at radius 3 is 2.33 bits per heavy atom. The zero-order chi connectivity index (χ0) is 18.4. The Balaban J connectivity index is 1.22. The lowest BCUT2D eigenvalue weighted by molar-refractivity contribution is -0.148. The second-order valence-electron chi connectivity index (χ2n) is 9.41. The Bertz CT molecular complexity index is 697. The van der Waals surface area contributed by atoms with Crippen molar-refractivity contribution in [2.45, 2.75) is 57.4 Å². The number of carbonyl (C=O) groups is 2. The van der Waals surface area contributed by atoms with Gasteiger partial charge in [-0.15, -0.1) is 0 Å². The summed E-state index contributed by atoms with van der Waals surface area (Å²) in [6.45, 7) is 0.918. The van der Waals surface area contributed by atoms with Crippen LogP contribution in [0.5, 0.6) is 0 Å². The third kappa shape index (κ3) is 3.05. The lowest BCUT2D eigenvalue weighted by Crippen LogP contribution is -2.54. The van der Waals surface area contributed by atoms with E-state index in [1.165, 1.54) is 19.3 Å². The summed E-state index contributed by atoms with van der Waals surface area (Å²) < 4.78 is 0. The average molecular weight is 367 g/mol. The van der Waals surface area contributed by atoms with Gasteiger partial charge in [0.25, 0.3) is 0 Å². The van der Waals surface area contributed by atoms with Crippen LogP contribution in [-0.4, -0.2) is 34.8 Å². The molecule has 5 heteroatoms. The third-order valence-electron chi connectivity index (χ3n) is 7.58. The van der Waals surface area contributed by atoms with Crippen LogP contribution in [0.15, 0.2) is 24.5 Å². The predicted molar refractivity (Wildman–Crippen MR) is 102 cm³/mol. The number of carbonyl (C=O) groups excluding carboxylic acids is 2. The fraction of sp³-hybridized carbons (Fsp3) is 0.682. The molecule has 5 fully saturated rings. The summed E-state index contributed by atoms with van der Waals surface area (Å²) in [6, 6.07) is 4.10. The number of pyridine rings is 1. The van der Waals surface area contributed by atoms with E-state index >= 15 is 0 Å². The van der Waals surface area contributed by atoms with E-state index in [9.17, 15) is 9.59 Å². The van der Waals surface area contributed by atoms with Gasteiger partial charge in [0.2, 0.25) is 11.8 Å². The van der Waals surface area contributed by atoms with Crippen molar-refractivity contribution in [1.82, 2.24) is 15.2 Å². The third-order valence-corrected chi connectivity index (χ3v) is 7.58. The van der Waals surface area contributed by atoms with E-state index in [4.69, 9.17) is 0 Å². The van der Waals surface area contributed by atoms with Crippen molar-refractivity contribution in [3.8, 4) is 0 Å². The molecule has 0 radical (unpaired) electrons. The van der Waals surface area contributed by atoms with E-state index in [-0.39, 0.29) is 29.8 Å². The molecule has 0 unspecified atom stereocenters. The molecule has 6 rings (SSSR count). The molecule has 4 bridgehead atoms. The SMILES string of the molecule is O=C(CNC(=O)C12CC3CC(CC(C3)C1)C2)N1CCC[C@@H]1c1ccncc1. The molecule has 1 N–H and O–H groups in total. The van der Waals surface area contributed by atoms with E-state index < -0.39 is 0 Å². The second-order valence-corrected chi connectivity index (χ2v) is 9.41. The first-order valence-electron chi connectivity index (χ1n) is 10.6. The molecule has 1 aromatic heterocycles. The maximum Gasteiger partial charge on any atom is 0.242 e. The Labute approximate surface area is 160 Å². The molecule has 0 aromatic carbocycles. The van der Waals surface area contributed by atoms with Gasteiger partial charge in [-0.2, -0.15) is 0 Å². The van der Waals surface area contributed by atoms with Crippen molar-refractivity contribution < 1.29 is 9.59 Å². The molecule has 5 nitrogen and oxygen atoms in total. The van der Waals surface area contributed by atoms with E-state index in [2.05, 4.69) is 10.3 Å². The molecule has 4 saturated carbocycles. The molecule has 4 aliphatic carbocycles. The van der Waals surface area contributed by atoms with Crippen LogP contribution in [0.4, 0.5) is 0 Å². The minimum atomic E-state index is -0.176. The van der Waals surface area contributed by atoms with Gasteiger partial charge < -0.3 is 10.2 Å². The number of aromatic nitrogens is 1. The molecule has 2 amide bonds. The van der Waals surface area contributed by atoms with Crippen molar-refractivity contribution in [2.75, 3.05) is 13.1 Å². The zero-order valence-corrected chi connectivity index (χ0v) is 15.9. The van der Waals surface area contributed by atoms with Crippen LogP contribution in [-0.2, 0) is 9.59 Å². The zero-order valence-electron chi connectivity index (χ0n) is 15.9. The summed E-state index contributed by atoms with van der Waals surface area (Å²) in [5, 5.41) is 3.05. The molecule has 1 atom stereocenters. The van der Waals surface area contributed by atoms with Crippen LogP contribution >= 0.6 is 0 Å². The molecular formula is C22H29N3O2. The second kappa shape index (κ2) is 6.61. The van der Waals surface area contributed by atoms with Crippen molar-refractivity contribution in [1.29, 1.82) is 0 Å². The molecule has 5 aliphatic rings. The van der Waals surface area contributed by atoms with Crippen LogP contribution in [0.25, 0.3) is 0 Å². The number of amides is 2. The van der Waals surface area contributed by atoms with Crippen LogP contribution < -0.4 is 5.32 Å². The van der Waals surface area contributed by atoms with E-state index in [1.54, 1.807) is 12.4 Å². The van der Waals surface area contributed by atoms with Gasteiger partial charge in [-0.1, -0.05) is 0 Å². The van der Waals surface area contributed by atoms with Gasteiger partial charge >= 0.3 is 0 Å². The maximum atomic E-state index is 13.1. The minimum absolute atomic E-state index is 0.0485. The van der Waals surface area contributed by atoms with Crippen LogP contribution in [0.1, 0.15) is 63.0 Å². The number of likely N-dealkylation sites (tertiary alicyclic amines) is 1.